The van der Waals surface area contributed by atoms with Crippen molar-refractivity contribution >= 4 is 17.7 Å². The minimum Gasteiger partial charge on any atom is -0.481 e. The first kappa shape index (κ1) is 10.6. The van der Waals surface area contributed by atoms with Gasteiger partial charge in [-0.05, 0) is 5.92 Å². The smallest absolute Gasteiger partial charge is 0.372 e. The van der Waals surface area contributed by atoms with Crippen LogP contribution in [0.25, 0.3) is 0 Å². The zero-order chi connectivity index (χ0) is 9.72. The van der Waals surface area contributed by atoms with Crippen molar-refractivity contribution in [1.82, 2.24) is 0 Å². The lowest BCUT2D eigenvalue weighted by Crippen LogP contribution is -2.17. The van der Waals surface area contributed by atoms with Crippen LogP contribution in [-0.4, -0.2) is 27.9 Å². The van der Waals surface area contributed by atoms with E-state index in [9.17, 15) is 14.4 Å². The fourth-order valence-electron chi connectivity index (χ4n) is 0.774. The van der Waals surface area contributed by atoms with Crippen molar-refractivity contribution in [3.63, 3.8) is 0 Å². The molecule has 0 aromatic carbocycles. The van der Waals surface area contributed by atoms with Gasteiger partial charge in [-0.25, -0.2) is 4.79 Å². The molecule has 0 aliphatic carbocycles. The van der Waals surface area contributed by atoms with Crippen LogP contribution in [0.1, 0.15) is 19.8 Å². The van der Waals surface area contributed by atoms with Gasteiger partial charge in [0.25, 0.3) is 0 Å². The van der Waals surface area contributed by atoms with Crippen molar-refractivity contribution in [3.05, 3.63) is 0 Å². The van der Waals surface area contributed by atoms with Gasteiger partial charge in [0.2, 0.25) is 5.78 Å². The molecule has 0 amide bonds. The Kier molecular flexibility index (Phi) is 3.96. The molecular weight excluding hydrogens is 164 g/mol. The molecular formula is C7H10O5. The number of hydrogen-bond donors (Lipinski definition) is 2. The first-order valence-corrected chi connectivity index (χ1v) is 3.41. The maximum atomic E-state index is 10.5. The first-order chi connectivity index (χ1) is 5.43. The lowest BCUT2D eigenvalue weighted by molar-refractivity contribution is -0.150. The van der Waals surface area contributed by atoms with E-state index < -0.39 is 23.6 Å². The highest BCUT2D eigenvalue weighted by molar-refractivity contribution is 6.32. The summed E-state index contributed by atoms with van der Waals surface area (Å²) in [4.78, 5) is 30.7. The Bertz CT molecular complexity index is 208. The summed E-state index contributed by atoms with van der Waals surface area (Å²) in [6, 6.07) is 0. The molecule has 2 N–H and O–H groups in total. The zero-order valence-electron chi connectivity index (χ0n) is 6.61. The van der Waals surface area contributed by atoms with Crippen LogP contribution in [0.3, 0.4) is 0 Å². The number of ketones is 1. The van der Waals surface area contributed by atoms with Crippen molar-refractivity contribution in [2.24, 2.45) is 5.92 Å². The highest BCUT2D eigenvalue weighted by atomic mass is 16.4. The molecule has 0 radical (unpaired) electrons. The van der Waals surface area contributed by atoms with Crippen LogP contribution in [0.4, 0.5) is 0 Å². The van der Waals surface area contributed by atoms with Crippen LogP contribution in [0.2, 0.25) is 0 Å². The van der Waals surface area contributed by atoms with Crippen LogP contribution in [0.15, 0.2) is 0 Å². The number of hydrogen-bond acceptors (Lipinski definition) is 3. The molecule has 5 nitrogen and oxygen atoms in total. The molecule has 0 saturated heterocycles. The van der Waals surface area contributed by atoms with Crippen LogP contribution >= 0.6 is 0 Å². The average Bonchev–Trinajstić information content (AvgIpc) is 1.84. The Hall–Kier alpha value is -1.39. The van der Waals surface area contributed by atoms with Crippen LogP contribution in [0, 0.1) is 5.92 Å². The van der Waals surface area contributed by atoms with E-state index in [1.165, 1.54) is 6.92 Å². The van der Waals surface area contributed by atoms with Crippen molar-refractivity contribution < 1.29 is 24.6 Å². The largest absolute Gasteiger partial charge is 0.481 e. The van der Waals surface area contributed by atoms with Gasteiger partial charge in [0.05, 0.1) is 0 Å². The van der Waals surface area contributed by atoms with Gasteiger partial charge in [-0.2, -0.15) is 0 Å². The zero-order valence-corrected chi connectivity index (χ0v) is 6.61. The molecule has 0 rings (SSSR count). The number of rotatable bonds is 5. The number of carboxylic acid groups (broad SMARTS) is 2. The summed E-state index contributed by atoms with van der Waals surface area (Å²) in [7, 11) is 0. The Morgan fingerprint density at radius 2 is 1.67 bits per heavy atom. The average molecular weight is 174 g/mol. The normalized spacial score (nSPS) is 12.1. The van der Waals surface area contributed by atoms with Gasteiger partial charge in [-0.3, -0.25) is 9.59 Å². The van der Waals surface area contributed by atoms with Crippen LogP contribution in [0.5, 0.6) is 0 Å². The second-order valence-electron chi connectivity index (χ2n) is 2.64. The summed E-state index contributed by atoms with van der Waals surface area (Å²) in [5, 5.41) is 16.4. The molecule has 0 aromatic rings. The molecule has 1 unspecified atom stereocenters. The standard InChI is InChI=1S/C7H10O5/c1-4(3-6(9)10)2-5(8)7(11)12/h4H,2-3H2,1H3,(H,9,10)(H,11,12). The Morgan fingerprint density at radius 1 is 1.17 bits per heavy atom. The van der Waals surface area contributed by atoms with E-state index in [2.05, 4.69) is 0 Å². The topological polar surface area (TPSA) is 91.7 Å². The predicted octanol–water partition coefficient (Wildman–Crippen LogP) is 0.141. The minimum atomic E-state index is -1.51. The lowest BCUT2D eigenvalue weighted by Gasteiger charge is -2.03. The second-order valence-corrected chi connectivity index (χ2v) is 2.64. The molecule has 0 aliphatic rings. The third-order valence-electron chi connectivity index (χ3n) is 1.30. The van der Waals surface area contributed by atoms with Gasteiger partial charge in [0, 0.05) is 12.8 Å². The molecule has 1 atom stereocenters. The Balaban J connectivity index is 3.84. The highest BCUT2D eigenvalue weighted by Crippen LogP contribution is 2.07. The summed E-state index contributed by atoms with van der Waals surface area (Å²) in [5.41, 5.74) is 0. The quantitative estimate of drug-likeness (QED) is 0.578. The third kappa shape index (κ3) is 4.43. The summed E-state index contributed by atoms with van der Waals surface area (Å²) < 4.78 is 0. The monoisotopic (exact) mass is 174 g/mol. The van der Waals surface area contributed by atoms with Gasteiger partial charge in [0.15, 0.2) is 0 Å². The van der Waals surface area contributed by atoms with Crippen LogP contribution in [-0.2, 0) is 14.4 Å². The molecule has 0 fully saturated rings. The molecule has 12 heavy (non-hydrogen) atoms. The Morgan fingerprint density at radius 3 is 2.00 bits per heavy atom. The van der Waals surface area contributed by atoms with E-state index in [1.807, 2.05) is 0 Å². The van der Waals surface area contributed by atoms with E-state index in [-0.39, 0.29) is 12.8 Å². The number of carbonyl (C=O) groups is 3. The third-order valence-corrected chi connectivity index (χ3v) is 1.30. The number of Topliss-reactive ketones (excluding diaryl/α,β-unsaturated/α-hetero) is 1. The minimum absolute atomic E-state index is 0.182. The van der Waals surface area contributed by atoms with E-state index in [0.29, 0.717) is 0 Å². The van der Waals surface area contributed by atoms with E-state index in [0.717, 1.165) is 0 Å². The molecule has 5 heteroatoms. The Labute approximate surface area is 69.0 Å². The summed E-state index contributed by atoms with van der Waals surface area (Å²) in [5.74, 6) is -3.90. The summed E-state index contributed by atoms with van der Waals surface area (Å²) in [6.07, 6.45) is -0.402. The molecule has 0 saturated carbocycles. The SMILES string of the molecule is CC(CC(=O)O)CC(=O)C(=O)O. The van der Waals surface area contributed by atoms with Gasteiger partial charge in [-0.1, -0.05) is 6.92 Å². The molecule has 0 aliphatic heterocycles. The molecule has 0 bridgehead atoms. The molecule has 0 heterocycles. The second kappa shape index (κ2) is 4.48. The van der Waals surface area contributed by atoms with Crippen molar-refractivity contribution in [2.45, 2.75) is 19.8 Å². The molecule has 0 aromatic heterocycles. The summed E-state index contributed by atoms with van der Waals surface area (Å²) in [6.45, 7) is 1.52. The lowest BCUT2D eigenvalue weighted by atomic mass is 10.0. The fraction of sp³-hybridized carbons (Fsp3) is 0.571. The fourth-order valence-corrected chi connectivity index (χ4v) is 0.774. The van der Waals surface area contributed by atoms with Crippen molar-refractivity contribution in [1.29, 1.82) is 0 Å². The molecule has 68 valence electrons. The summed E-state index contributed by atoms with van der Waals surface area (Å²) >= 11 is 0. The number of aliphatic carboxylic acids is 2. The van der Waals surface area contributed by atoms with E-state index in [1.54, 1.807) is 0 Å². The number of carbonyl (C=O) groups excluding carboxylic acids is 1. The molecule has 0 spiro atoms. The van der Waals surface area contributed by atoms with E-state index in [4.69, 9.17) is 10.2 Å². The van der Waals surface area contributed by atoms with Crippen LogP contribution < -0.4 is 0 Å². The highest BCUT2D eigenvalue weighted by Gasteiger charge is 2.17. The van der Waals surface area contributed by atoms with Crippen molar-refractivity contribution in [2.75, 3.05) is 0 Å². The van der Waals surface area contributed by atoms with Gasteiger partial charge >= 0.3 is 11.9 Å². The van der Waals surface area contributed by atoms with E-state index >= 15 is 0 Å². The van der Waals surface area contributed by atoms with Crippen molar-refractivity contribution in [3.8, 4) is 0 Å². The maximum Gasteiger partial charge on any atom is 0.372 e. The first-order valence-electron chi connectivity index (χ1n) is 3.41. The number of carboxylic acids is 2. The van der Waals surface area contributed by atoms with Gasteiger partial charge in [0.1, 0.15) is 0 Å². The van der Waals surface area contributed by atoms with Gasteiger partial charge < -0.3 is 10.2 Å². The van der Waals surface area contributed by atoms with Gasteiger partial charge in [-0.15, -0.1) is 0 Å². The maximum absolute atomic E-state index is 10.5. The predicted molar refractivity (Wildman–Crippen MR) is 38.7 cm³/mol.